The van der Waals surface area contributed by atoms with Crippen LogP contribution in [0.3, 0.4) is 0 Å². The summed E-state index contributed by atoms with van der Waals surface area (Å²) in [6.45, 7) is 5.52. The van der Waals surface area contributed by atoms with E-state index < -0.39 is 0 Å². The quantitative estimate of drug-likeness (QED) is 0.513. The molecule has 7 heavy (non-hydrogen) atoms. The van der Waals surface area contributed by atoms with Crippen molar-refractivity contribution in [3.05, 3.63) is 5.92 Å². The predicted molar refractivity (Wildman–Crippen MR) is 29.9 cm³/mol. The smallest absolute Gasteiger partial charge is 0.130 e. The molecule has 1 radical (unpaired) electrons. The fourth-order valence-corrected chi connectivity index (χ4v) is 0.498. The zero-order valence-electron chi connectivity index (χ0n) is 5.12. The number of ketones is 1. The van der Waals surface area contributed by atoms with E-state index in [9.17, 15) is 4.79 Å². The molecule has 0 bridgehead atoms. The maximum atomic E-state index is 10.2. The topological polar surface area (TPSA) is 17.1 Å². The van der Waals surface area contributed by atoms with Crippen molar-refractivity contribution in [3.63, 3.8) is 0 Å². The summed E-state index contributed by atoms with van der Waals surface area (Å²) < 4.78 is 0. The fourth-order valence-electron chi connectivity index (χ4n) is 0.498. The van der Waals surface area contributed by atoms with Gasteiger partial charge < -0.3 is 4.79 Å². The molecule has 0 aromatic carbocycles. The summed E-state index contributed by atoms with van der Waals surface area (Å²) in [6, 6.07) is 0. The third-order valence-corrected chi connectivity index (χ3v) is 0.602. The third kappa shape index (κ3) is 5.67. The molecule has 0 fully saturated rings. The lowest BCUT2D eigenvalue weighted by atomic mass is 10.1. The predicted octanol–water partition coefficient (Wildman–Crippen LogP) is 1.58. The summed E-state index contributed by atoms with van der Waals surface area (Å²) in [5.41, 5.74) is 0. The van der Waals surface area contributed by atoms with Crippen LogP contribution in [0.15, 0.2) is 0 Å². The minimum atomic E-state index is 0.250. The molecule has 41 valence electrons. The van der Waals surface area contributed by atoms with Gasteiger partial charge in [-0.05, 0) is 12.8 Å². The molecule has 0 aromatic heterocycles. The lowest BCUT2D eigenvalue weighted by molar-refractivity contribution is -0.116. The Hall–Kier alpha value is -0.330. The largest absolute Gasteiger partial charge is 0.300 e. The van der Waals surface area contributed by atoms with Gasteiger partial charge in [-0.25, -0.2) is 0 Å². The van der Waals surface area contributed by atoms with Gasteiger partial charge >= 0.3 is 0 Å². The number of carbonyl (C=O) groups is 1. The second-order valence-corrected chi connectivity index (χ2v) is 2.09. The van der Waals surface area contributed by atoms with E-state index in [-0.39, 0.29) is 5.78 Å². The van der Waals surface area contributed by atoms with E-state index in [2.05, 4.69) is 0 Å². The van der Waals surface area contributed by atoms with E-state index >= 15 is 0 Å². The van der Waals surface area contributed by atoms with E-state index in [1.807, 2.05) is 13.8 Å². The van der Waals surface area contributed by atoms with E-state index in [0.29, 0.717) is 6.42 Å². The molecule has 1 heteroatoms. The van der Waals surface area contributed by atoms with Crippen molar-refractivity contribution >= 4 is 5.78 Å². The summed E-state index contributed by atoms with van der Waals surface area (Å²) >= 11 is 0. The Morgan fingerprint density at radius 1 is 1.29 bits per heavy atom. The highest BCUT2D eigenvalue weighted by Crippen LogP contribution is 2.00. The van der Waals surface area contributed by atoms with Crippen molar-refractivity contribution in [2.45, 2.75) is 27.2 Å². The van der Waals surface area contributed by atoms with Gasteiger partial charge in [0.2, 0.25) is 0 Å². The Kier molecular flexibility index (Phi) is 2.65. The Balaban J connectivity index is 3.13. The van der Waals surface area contributed by atoms with Crippen LogP contribution >= 0.6 is 0 Å². The van der Waals surface area contributed by atoms with E-state index in [4.69, 9.17) is 0 Å². The minimum Gasteiger partial charge on any atom is -0.300 e. The van der Waals surface area contributed by atoms with Crippen molar-refractivity contribution in [3.8, 4) is 0 Å². The Morgan fingerprint density at radius 3 is 1.71 bits per heavy atom. The molecule has 0 aliphatic carbocycles. The van der Waals surface area contributed by atoms with E-state index in [1.165, 1.54) is 5.92 Å². The number of hydrogen-bond donors (Lipinski definition) is 0. The average molecular weight is 99.2 g/mol. The standard InChI is InChI=1S/C6H11O/c1-5(2)4-6(3)7/h4H2,1-3H3. The summed E-state index contributed by atoms with van der Waals surface area (Å²) in [7, 11) is 0. The van der Waals surface area contributed by atoms with E-state index in [1.54, 1.807) is 6.92 Å². The zero-order chi connectivity index (χ0) is 5.86. The van der Waals surface area contributed by atoms with Crippen molar-refractivity contribution in [2.75, 3.05) is 0 Å². The molecular weight excluding hydrogens is 88.1 g/mol. The van der Waals surface area contributed by atoms with Gasteiger partial charge in [-0.15, -0.1) is 0 Å². The first-order valence-electron chi connectivity index (χ1n) is 2.41. The van der Waals surface area contributed by atoms with Crippen molar-refractivity contribution in [1.29, 1.82) is 0 Å². The molecule has 0 atom stereocenters. The maximum Gasteiger partial charge on any atom is 0.130 e. The number of Topliss-reactive ketones (excluding diaryl/α,β-unsaturated/α-hetero) is 1. The average Bonchev–Trinajstić information content (AvgIpc) is 1.27. The zero-order valence-corrected chi connectivity index (χ0v) is 5.12. The van der Waals surface area contributed by atoms with Crippen LogP contribution in [0.4, 0.5) is 0 Å². The molecule has 0 N–H and O–H groups in total. The Bertz CT molecular complexity index is 64.6. The van der Waals surface area contributed by atoms with Crippen molar-refractivity contribution in [2.24, 2.45) is 0 Å². The lowest BCUT2D eigenvalue weighted by Crippen LogP contribution is -1.93. The summed E-state index contributed by atoms with van der Waals surface area (Å²) in [5, 5.41) is 0. The van der Waals surface area contributed by atoms with Gasteiger partial charge in [0.15, 0.2) is 0 Å². The van der Waals surface area contributed by atoms with E-state index in [0.717, 1.165) is 0 Å². The van der Waals surface area contributed by atoms with Gasteiger partial charge in [0, 0.05) is 6.42 Å². The molecule has 0 unspecified atom stereocenters. The van der Waals surface area contributed by atoms with Gasteiger partial charge in [0.25, 0.3) is 0 Å². The van der Waals surface area contributed by atoms with Crippen LogP contribution < -0.4 is 0 Å². The Labute approximate surface area is 44.7 Å². The van der Waals surface area contributed by atoms with Crippen LogP contribution in [0.25, 0.3) is 0 Å². The first-order valence-corrected chi connectivity index (χ1v) is 2.41. The molecule has 0 rings (SSSR count). The summed E-state index contributed by atoms with van der Waals surface area (Å²) in [6.07, 6.45) is 0.639. The van der Waals surface area contributed by atoms with Crippen molar-refractivity contribution in [1.82, 2.24) is 0 Å². The fraction of sp³-hybridized carbons (Fsp3) is 0.667. The van der Waals surface area contributed by atoms with Gasteiger partial charge in [0.1, 0.15) is 5.78 Å². The van der Waals surface area contributed by atoms with Gasteiger partial charge in [-0.1, -0.05) is 13.8 Å². The Morgan fingerprint density at radius 2 is 1.71 bits per heavy atom. The molecule has 0 spiro atoms. The second-order valence-electron chi connectivity index (χ2n) is 2.09. The summed E-state index contributed by atoms with van der Waals surface area (Å²) in [5.74, 6) is 1.44. The highest BCUT2D eigenvalue weighted by Gasteiger charge is 1.95. The maximum absolute atomic E-state index is 10.2. The van der Waals surface area contributed by atoms with Crippen LogP contribution in [-0.4, -0.2) is 5.78 Å². The van der Waals surface area contributed by atoms with Gasteiger partial charge in [-0.3, -0.25) is 0 Å². The molecule has 0 saturated carbocycles. The highest BCUT2D eigenvalue weighted by molar-refractivity contribution is 5.77. The first-order chi connectivity index (χ1) is 3.13. The molecule has 0 aliphatic rings. The van der Waals surface area contributed by atoms with Crippen LogP contribution in [0.5, 0.6) is 0 Å². The van der Waals surface area contributed by atoms with Crippen LogP contribution in [0.2, 0.25) is 0 Å². The first kappa shape index (κ1) is 6.67. The molecule has 0 aromatic rings. The molecular formula is C6H11O. The minimum absolute atomic E-state index is 0.250. The third-order valence-electron chi connectivity index (χ3n) is 0.602. The van der Waals surface area contributed by atoms with Crippen LogP contribution in [0, 0.1) is 5.92 Å². The lowest BCUT2D eigenvalue weighted by Gasteiger charge is -1.94. The normalized spacial score (nSPS) is 9.71. The number of hydrogen-bond acceptors (Lipinski definition) is 1. The second kappa shape index (κ2) is 2.78. The van der Waals surface area contributed by atoms with Gasteiger partial charge in [0.05, 0.1) is 0 Å². The van der Waals surface area contributed by atoms with Gasteiger partial charge in [-0.2, -0.15) is 0 Å². The number of carbonyl (C=O) groups excluding carboxylic acids is 1. The SMILES string of the molecule is C[C](C)CC(C)=O. The molecule has 0 amide bonds. The molecule has 0 heterocycles. The monoisotopic (exact) mass is 99.1 g/mol. The molecule has 1 nitrogen and oxygen atoms in total. The molecule has 0 aliphatic heterocycles. The molecule has 0 saturated heterocycles. The highest BCUT2D eigenvalue weighted by atomic mass is 16.1. The van der Waals surface area contributed by atoms with Crippen LogP contribution in [0.1, 0.15) is 27.2 Å². The van der Waals surface area contributed by atoms with Crippen molar-refractivity contribution < 1.29 is 4.79 Å². The summed E-state index contributed by atoms with van der Waals surface area (Å²) in [4.78, 5) is 10.2. The van der Waals surface area contributed by atoms with Crippen LogP contribution in [-0.2, 0) is 4.79 Å². The number of rotatable bonds is 2.